The number of nitrogens with zero attached hydrogens (tertiary/aromatic N) is 1. The standard InChI is InChI=1S/C18H30N4O2.HI/c1-5-20-18(22-14(4)13(2)3)21-11-10-15-6-8-16(9-7-15)24-12-17(19)23;/h6-9,13-14H,5,10-12H2,1-4H3,(H2,19,23)(H2,20,21,22);1H. The number of guanidine groups is 1. The minimum atomic E-state index is -0.479. The molecule has 1 aromatic rings. The second-order valence-corrected chi connectivity index (χ2v) is 6.09. The number of primary amides is 1. The van der Waals surface area contributed by atoms with Crippen LogP contribution in [0.15, 0.2) is 29.3 Å². The molecule has 1 amide bonds. The zero-order valence-electron chi connectivity index (χ0n) is 15.5. The van der Waals surface area contributed by atoms with Crippen LogP contribution in [0.2, 0.25) is 0 Å². The van der Waals surface area contributed by atoms with Crippen LogP contribution in [0.1, 0.15) is 33.3 Å². The molecule has 0 spiro atoms. The smallest absolute Gasteiger partial charge is 0.255 e. The summed E-state index contributed by atoms with van der Waals surface area (Å²) in [5.41, 5.74) is 6.22. The molecule has 0 aliphatic heterocycles. The van der Waals surface area contributed by atoms with E-state index in [0.29, 0.717) is 24.3 Å². The monoisotopic (exact) mass is 462 g/mol. The van der Waals surface area contributed by atoms with Crippen molar-refractivity contribution in [1.29, 1.82) is 0 Å². The molecule has 0 heterocycles. The number of ether oxygens (including phenoxy) is 1. The van der Waals surface area contributed by atoms with E-state index in [4.69, 9.17) is 10.5 Å². The summed E-state index contributed by atoms with van der Waals surface area (Å²) in [6.07, 6.45) is 0.836. The highest BCUT2D eigenvalue weighted by Crippen LogP contribution is 2.12. The van der Waals surface area contributed by atoms with Crippen molar-refractivity contribution in [3.8, 4) is 5.75 Å². The Bertz CT molecular complexity index is 532. The third kappa shape index (κ3) is 10.2. The van der Waals surface area contributed by atoms with Crippen LogP contribution in [0.25, 0.3) is 0 Å². The SMILES string of the molecule is CCNC(=NCCc1ccc(OCC(N)=O)cc1)NC(C)C(C)C.I. The molecule has 1 atom stereocenters. The van der Waals surface area contributed by atoms with Gasteiger partial charge in [-0.2, -0.15) is 0 Å². The lowest BCUT2D eigenvalue weighted by Gasteiger charge is -2.20. The number of halogens is 1. The van der Waals surface area contributed by atoms with Gasteiger partial charge in [-0.3, -0.25) is 9.79 Å². The summed E-state index contributed by atoms with van der Waals surface area (Å²) in [5.74, 6) is 1.55. The zero-order chi connectivity index (χ0) is 17.9. The number of amides is 1. The molecular formula is C18H31IN4O2. The first-order chi connectivity index (χ1) is 11.4. The first-order valence-electron chi connectivity index (χ1n) is 8.47. The topological polar surface area (TPSA) is 88.7 Å². The van der Waals surface area contributed by atoms with Crippen LogP contribution < -0.4 is 21.1 Å². The average Bonchev–Trinajstić information content (AvgIpc) is 2.54. The first-order valence-corrected chi connectivity index (χ1v) is 8.47. The molecule has 142 valence electrons. The molecule has 1 aromatic carbocycles. The molecule has 0 saturated carbocycles. The van der Waals surface area contributed by atoms with E-state index >= 15 is 0 Å². The maximum atomic E-state index is 10.7. The van der Waals surface area contributed by atoms with Gasteiger partial charge >= 0.3 is 0 Å². The summed E-state index contributed by atoms with van der Waals surface area (Å²) in [4.78, 5) is 15.3. The highest BCUT2D eigenvalue weighted by atomic mass is 127. The number of rotatable bonds is 9. The summed E-state index contributed by atoms with van der Waals surface area (Å²) in [6.45, 7) is 10.0. The number of aliphatic imine (C=N–C) groups is 1. The van der Waals surface area contributed by atoms with Crippen LogP contribution in [0.4, 0.5) is 0 Å². The van der Waals surface area contributed by atoms with Crippen LogP contribution in [0.5, 0.6) is 5.75 Å². The molecule has 4 N–H and O–H groups in total. The molecule has 0 saturated heterocycles. The van der Waals surface area contributed by atoms with Crippen LogP contribution in [0, 0.1) is 5.92 Å². The van der Waals surface area contributed by atoms with Crippen LogP contribution in [-0.2, 0) is 11.2 Å². The predicted octanol–water partition coefficient (Wildman–Crippen LogP) is 2.31. The van der Waals surface area contributed by atoms with Crippen molar-refractivity contribution in [2.45, 2.75) is 40.2 Å². The molecule has 1 unspecified atom stereocenters. The van der Waals surface area contributed by atoms with Crippen molar-refractivity contribution < 1.29 is 9.53 Å². The lowest BCUT2D eigenvalue weighted by Crippen LogP contribution is -2.44. The fraction of sp³-hybridized carbons (Fsp3) is 0.556. The van der Waals surface area contributed by atoms with Gasteiger partial charge in [-0.25, -0.2) is 0 Å². The van der Waals surface area contributed by atoms with Gasteiger partial charge < -0.3 is 21.1 Å². The molecular weight excluding hydrogens is 431 g/mol. The second-order valence-electron chi connectivity index (χ2n) is 6.09. The number of carbonyl (C=O) groups excluding carboxylic acids is 1. The molecule has 0 aliphatic rings. The number of hydrogen-bond donors (Lipinski definition) is 3. The largest absolute Gasteiger partial charge is 0.484 e. The Morgan fingerprint density at radius 3 is 2.40 bits per heavy atom. The number of nitrogens with two attached hydrogens (primary N) is 1. The second kappa shape index (κ2) is 12.8. The molecule has 0 bridgehead atoms. The Hall–Kier alpha value is -1.51. The Morgan fingerprint density at radius 2 is 1.88 bits per heavy atom. The van der Waals surface area contributed by atoms with Gasteiger partial charge in [0.05, 0.1) is 0 Å². The zero-order valence-corrected chi connectivity index (χ0v) is 17.9. The van der Waals surface area contributed by atoms with E-state index in [9.17, 15) is 4.79 Å². The van der Waals surface area contributed by atoms with Gasteiger partial charge in [0.25, 0.3) is 5.91 Å². The summed E-state index contributed by atoms with van der Waals surface area (Å²) >= 11 is 0. The molecule has 0 aromatic heterocycles. The van der Waals surface area contributed by atoms with E-state index in [2.05, 4.69) is 43.3 Å². The molecule has 0 aliphatic carbocycles. The third-order valence-electron chi connectivity index (χ3n) is 3.68. The molecule has 7 heteroatoms. The summed E-state index contributed by atoms with van der Waals surface area (Å²) in [6, 6.07) is 7.99. The van der Waals surface area contributed by atoms with Crippen molar-refractivity contribution in [2.24, 2.45) is 16.6 Å². The molecule has 1 rings (SSSR count). The number of benzene rings is 1. The maximum Gasteiger partial charge on any atom is 0.255 e. The lowest BCUT2D eigenvalue weighted by molar-refractivity contribution is -0.119. The molecule has 0 radical (unpaired) electrons. The Kier molecular flexibility index (Phi) is 12.0. The Balaban J connectivity index is 0.00000576. The van der Waals surface area contributed by atoms with Gasteiger partial charge in [-0.15, -0.1) is 24.0 Å². The quantitative estimate of drug-likeness (QED) is 0.299. The number of carbonyl (C=O) groups is 1. The van der Waals surface area contributed by atoms with E-state index in [1.807, 2.05) is 24.3 Å². The van der Waals surface area contributed by atoms with E-state index in [1.165, 1.54) is 0 Å². The minimum absolute atomic E-state index is 0. The fourth-order valence-electron chi connectivity index (χ4n) is 1.91. The van der Waals surface area contributed by atoms with Crippen LogP contribution in [0.3, 0.4) is 0 Å². The minimum Gasteiger partial charge on any atom is -0.484 e. The molecule has 0 fully saturated rings. The van der Waals surface area contributed by atoms with Crippen molar-refractivity contribution in [3.05, 3.63) is 29.8 Å². The summed E-state index contributed by atoms with van der Waals surface area (Å²) < 4.78 is 5.24. The Labute approximate surface area is 168 Å². The fourth-order valence-corrected chi connectivity index (χ4v) is 1.91. The highest BCUT2D eigenvalue weighted by molar-refractivity contribution is 14.0. The van der Waals surface area contributed by atoms with Crippen LogP contribution in [-0.4, -0.2) is 37.6 Å². The normalized spacial score (nSPS) is 12.3. The van der Waals surface area contributed by atoms with E-state index < -0.39 is 5.91 Å². The summed E-state index contributed by atoms with van der Waals surface area (Å²) in [7, 11) is 0. The van der Waals surface area contributed by atoms with Crippen molar-refractivity contribution in [3.63, 3.8) is 0 Å². The average molecular weight is 462 g/mol. The summed E-state index contributed by atoms with van der Waals surface area (Å²) in [5, 5.41) is 6.68. The van der Waals surface area contributed by atoms with Gasteiger partial charge in [0.15, 0.2) is 12.6 Å². The predicted molar refractivity (Wildman–Crippen MR) is 114 cm³/mol. The molecule has 25 heavy (non-hydrogen) atoms. The van der Waals surface area contributed by atoms with Crippen LogP contribution >= 0.6 is 24.0 Å². The van der Waals surface area contributed by atoms with E-state index in [0.717, 1.165) is 24.5 Å². The van der Waals surface area contributed by atoms with Crippen molar-refractivity contribution in [1.82, 2.24) is 10.6 Å². The van der Waals surface area contributed by atoms with Gasteiger partial charge in [0.1, 0.15) is 5.75 Å². The first kappa shape index (κ1) is 23.5. The van der Waals surface area contributed by atoms with Gasteiger partial charge in [-0.1, -0.05) is 26.0 Å². The molecule has 6 nitrogen and oxygen atoms in total. The van der Waals surface area contributed by atoms with Crippen molar-refractivity contribution >= 4 is 35.8 Å². The van der Waals surface area contributed by atoms with E-state index in [-0.39, 0.29) is 30.6 Å². The third-order valence-corrected chi connectivity index (χ3v) is 3.68. The number of nitrogens with one attached hydrogen (secondary N) is 2. The maximum absolute atomic E-state index is 10.7. The van der Waals surface area contributed by atoms with Gasteiger partial charge in [-0.05, 0) is 43.9 Å². The Morgan fingerprint density at radius 1 is 1.24 bits per heavy atom. The van der Waals surface area contributed by atoms with Gasteiger partial charge in [0, 0.05) is 19.1 Å². The van der Waals surface area contributed by atoms with Gasteiger partial charge in [0.2, 0.25) is 0 Å². The van der Waals surface area contributed by atoms with Crippen molar-refractivity contribution in [2.75, 3.05) is 19.7 Å². The lowest BCUT2D eigenvalue weighted by atomic mass is 10.1. The van der Waals surface area contributed by atoms with E-state index in [1.54, 1.807) is 0 Å². The highest BCUT2D eigenvalue weighted by Gasteiger charge is 2.08. The number of hydrogen-bond acceptors (Lipinski definition) is 3.